The van der Waals surface area contributed by atoms with E-state index in [0.717, 1.165) is 17.4 Å². The molecule has 1 heterocycles. The third kappa shape index (κ3) is 2.79. The van der Waals surface area contributed by atoms with E-state index in [-0.39, 0.29) is 17.0 Å². The van der Waals surface area contributed by atoms with E-state index in [1.54, 1.807) is 7.05 Å². The number of benzene rings is 1. The van der Waals surface area contributed by atoms with Crippen molar-refractivity contribution < 1.29 is 26.5 Å². The second-order valence-corrected chi connectivity index (χ2v) is 4.59. The highest BCUT2D eigenvalue weighted by atomic mass is 79.9. The van der Waals surface area contributed by atoms with Crippen molar-refractivity contribution in [3.05, 3.63) is 23.8 Å². The lowest BCUT2D eigenvalue weighted by Gasteiger charge is -2.23. The highest BCUT2D eigenvalue weighted by Crippen LogP contribution is 2.34. The van der Waals surface area contributed by atoms with Crippen LogP contribution < -0.4 is 31.5 Å². The number of hydrogen-bond acceptors (Lipinski definition) is 2. The minimum absolute atomic E-state index is 0. The molecule has 4 nitrogen and oxygen atoms in total. The van der Waals surface area contributed by atoms with Crippen molar-refractivity contribution in [2.75, 3.05) is 27.7 Å². The van der Waals surface area contributed by atoms with Crippen molar-refractivity contribution >= 4 is 11.8 Å². The van der Waals surface area contributed by atoms with Crippen LogP contribution in [0.15, 0.2) is 18.2 Å². The van der Waals surface area contributed by atoms with Gasteiger partial charge in [0.1, 0.15) is 11.4 Å². The first kappa shape index (κ1) is 14.0. The zero-order valence-electron chi connectivity index (χ0n) is 10.3. The summed E-state index contributed by atoms with van der Waals surface area (Å²) in [6.45, 7) is 1.10. The Balaban J connectivity index is 0.00000144. The Morgan fingerprint density at radius 1 is 1.41 bits per heavy atom. The van der Waals surface area contributed by atoms with Gasteiger partial charge in [0.2, 0.25) is 0 Å². The monoisotopic (exact) mass is 300 g/mol. The van der Waals surface area contributed by atoms with Gasteiger partial charge in [-0.2, -0.15) is 0 Å². The molecule has 5 heteroatoms. The van der Waals surface area contributed by atoms with E-state index in [9.17, 15) is 4.79 Å². The molecule has 17 heavy (non-hydrogen) atoms. The van der Waals surface area contributed by atoms with Crippen molar-refractivity contribution in [3.8, 4) is 5.75 Å². The Morgan fingerprint density at radius 2 is 2.12 bits per heavy atom. The Hall–Kier alpha value is -1.07. The molecule has 0 aromatic heterocycles. The molecule has 1 N–H and O–H groups in total. The van der Waals surface area contributed by atoms with E-state index in [1.165, 1.54) is 11.3 Å². The van der Waals surface area contributed by atoms with Crippen LogP contribution in [0.25, 0.3) is 0 Å². The molecule has 1 amide bonds. The summed E-state index contributed by atoms with van der Waals surface area (Å²) in [7, 11) is 5.88. The maximum absolute atomic E-state index is 11.1. The molecule has 1 aromatic carbocycles. The molecule has 0 aliphatic carbocycles. The number of carbonyl (C=O) groups excluding carboxylic acids is 1. The number of hydrogen-bond donors (Lipinski definition) is 1. The first-order valence-corrected chi connectivity index (χ1v) is 5.39. The lowest BCUT2D eigenvalue weighted by atomic mass is 10.1. The van der Waals surface area contributed by atoms with Crippen LogP contribution in [0.1, 0.15) is 5.56 Å². The fourth-order valence-electron chi connectivity index (χ4n) is 2.06. The normalized spacial score (nSPS) is 15.7. The average Bonchev–Trinajstić information content (AvgIpc) is 2.55. The van der Waals surface area contributed by atoms with Gasteiger partial charge in [-0.25, -0.2) is 4.79 Å². The van der Waals surface area contributed by atoms with E-state index >= 15 is 0 Å². The van der Waals surface area contributed by atoms with Gasteiger partial charge in [0.15, 0.2) is 0 Å². The molecule has 0 saturated heterocycles. The molecule has 2 rings (SSSR count). The van der Waals surface area contributed by atoms with Gasteiger partial charge in [0.25, 0.3) is 0 Å². The predicted molar refractivity (Wildman–Crippen MR) is 63.7 cm³/mol. The van der Waals surface area contributed by atoms with Gasteiger partial charge in [0.05, 0.1) is 20.6 Å². The van der Waals surface area contributed by atoms with E-state index in [0.29, 0.717) is 5.75 Å². The Bertz CT molecular complexity index is 433. The van der Waals surface area contributed by atoms with Crippen LogP contribution in [0.2, 0.25) is 0 Å². The summed E-state index contributed by atoms with van der Waals surface area (Å²) in [5.41, 5.74) is 2.58. The maximum atomic E-state index is 11.1. The number of rotatable bonds is 1. The van der Waals surface area contributed by atoms with Crippen molar-refractivity contribution in [2.24, 2.45) is 0 Å². The Morgan fingerprint density at radius 3 is 2.76 bits per heavy atom. The number of quaternary nitrogens is 1. The maximum Gasteiger partial charge on any atom is 0.412 e. The Labute approximate surface area is 112 Å². The van der Waals surface area contributed by atoms with Gasteiger partial charge >= 0.3 is 6.09 Å². The summed E-state index contributed by atoms with van der Waals surface area (Å²) in [6.07, 6.45) is 0.658. The van der Waals surface area contributed by atoms with E-state index in [2.05, 4.69) is 19.4 Å². The summed E-state index contributed by atoms with van der Waals surface area (Å²) in [5.74, 6) is 0.603. The van der Waals surface area contributed by atoms with Crippen molar-refractivity contribution in [2.45, 2.75) is 6.42 Å². The van der Waals surface area contributed by atoms with Gasteiger partial charge in [-0.15, -0.1) is 0 Å². The van der Waals surface area contributed by atoms with Crippen LogP contribution in [0.3, 0.4) is 0 Å². The number of amides is 1. The zero-order chi connectivity index (χ0) is 11.8. The summed E-state index contributed by atoms with van der Waals surface area (Å²) >= 11 is 0. The molecule has 0 radical (unpaired) electrons. The summed E-state index contributed by atoms with van der Waals surface area (Å²) in [6, 6.07) is 5.84. The fourth-order valence-corrected chi connectivity index (χ4v) is 2.06. The van der Waals surface area contributed by atoms with Gasteiger partial charge in [-0.1, -0.05) is 0 Å². The van der Waals surface area contributed by atoms with Crippen LogP contribution in [-0.2, 0) is 6.42 Å². The highest BCUT2D eigenvalue weighted by molar-refractivity contribution is 5.71. The first-order valence-electron chi connectivity index (χ1n) is 5.39. The van der Waals surface area contributed by atoms with Crippen LogP contribution in [0.5, 0.6) is 5.75 Å². The molecule has 1 aliphatic heterocycles. The number of likely N-dealkylation sites (N-methyl/N-ethyl adjacent to an activating group) is 1. The van der Waals surface area contributed by atoms with E-state index in [1.807, 2.05) is 18.2 Å². The molecule has 1 aliphatic rings. The van der Waals surface area contributed by atoms with Crippen molar-refractivity contribution in [1.82, 2.24) is 9.80 Å². The molecule has 0 unspecified atom stereocenters. The number of ether oxygens (including phenoxy) is 1. The van der Waals surface area contributed by atoms with Crippen LogP contribution in [0, 0.1) is 0 Å². The number of carbonyl (C=O) groups is 1. The summed E-state index contributed by atoms with van der Waals surface area (Å²) in [5, 5.41) is 2.44. The smallest absolute Gasteiger partial charge is 0.412 e. The molecule has 1 aromatic rings. The first-order chi connectivity index (χ1) is 7.53. The Kier molecular flexibility index (Phi) is 4.16. The SMILES string of the molecule is CNC(=O)Oc1ccc2c(c1)[N+](C)(C)CC2.[Br-]. The molecule has 0 atom stereocenters. The fraction of sp³-hybridized carbons (Fsp3) is 0.417. The third-order valence-corrected chi connectivity index (χ3v) is 3.06. The third-order valence-electron chi connectivity index (χ3n) is 3.06. The second kappa shape index (κ2) is 5.06. The second-order valence-electron chi connectivity index (χ2n) is 4.59. The summed E-state index contributed by atoms with van der Waals surface area (Å²) < 4.78 is 5.97. The quantitative estimate of drug-likeness (QED) is 0.644. The van der Waals surface area contributed by atoms with Crippen LogP contribution >= 0.6 is 0 Å². The number of nitrogens with one attached hydrogen (secondary N) is 1. The molecule has 0 bridgehead atoms. The minimum atomic E-state index is -0.428. The van der Waals surface area contributed by atoms with E-state index < -0.39 is 6.09 Å². The molecule has 0 fully saturated rings. The lowest BCUT2D eigenvalue weighted by molar-refractivity contribution is -0.00000841. The van der Waals surface area contributed by atoms with Crippen LogP contribution in [0.4, 0.5) is 10.5 Å². The van der Waals surface area contributed by atoms with Gasteiger partial charge in [-0.05, 0) is 12.1 Å². The van der Waals surface area contributed by atoms with Crippen molar-refractivity contribution in [1.29, 1.82) is 0 Å². The molecular weight excluding hydrogens is 284 g/mol. The minimum Gasteiger partial charge on any atom is -1.00 e. The number of fused-ring (bicyclic) bond motifs is 1. The summed E-state index contributed by atoms with van der Waals surface area (Å²) in [4.78, 5) is 11.1. The predicted octanol–water partition coefficient (Wildman–Crippen LogP) is -1.47. The average molecular weight is 301 g/mol. The highest BCUT2D eigenvalue weighted by Gasteiger charge is 2.30. The van der Waals surface area contributed by atoms with Crippen LogP contribution in [-0.4, -0.2) is 33.8 Å². The van der Waals surface area contributed by atoms with Gasteiger partial charge in [0, 0.05) is 25.1 Å². The lowest BCUT2D eigenvalue weighted by Crippen LogP contribution is -3.00. The molecule has 0 saturated carbocycles. The molecule has 0 spiro atoms. The standard InChI is InChI=1S/C12H16N2O2.BrH/c1-13-12(15)16-10-5-4-9-6-7-14(2,3)11(9)8-10;/h4-5,8H,6-7H2,1-3H3;1H. The topological polar surface area (TPSA) is 38.3 Å². The zero-order valence-corrected chi connectivity index (χ0v) is 11.9. The van der Waals surface area contributed by atoms with Crippen molar-refractivity contribution in [3.63, 3.8) is 0 Å². The van der Waals surface area contributed by atoms with Gasteiger partial charge in [-0.3, -0.25) is 4.48 Å². The number of nitrogens with zero attached hydrogens (tertiary/aromatic N) is 1. The number of halogens is 1. The molecule has 94 valence electrons. The largest absolute Gasteiger partial charge is 1.00 e. The van der Waals surface area contributed by atoms with Gasteiger partial charge < -0.3 is 27.0 Å². The van der Waals surface area contributed by atoms with E-state index in [4.69, 9.17) is 4.74 Å². The molecular formula is C12H17BrN2O2.